The van der Waals surface area contributed by atoms with E-state index in [4.69, 9.17) is 0 Å². The fourth-order valence-electron chi connectivity index (χ4n) is 3.52. The molecule has 3 N–H and O–H groups in total. The van der Waals surface area contributed by atoms with E-state index in [1.807, 2.05) is 6.07 Å². The summed E-state index contributed by atoms with van der Waals surface area (Å²) in [6.07, 6.45) is 3.89. The molecule has 0 bridgehead atoms. The largest absolute Gasteiger partial charge is 0.354 e. The molecule has 1 amide bonds. The number of amides is 1. The number of rotatable bonds is 8. The van der Waals surface area contributed by atoms with Gasteiger partial charge >= 0.3 is 0 Å². The van der Waals surface area contributed by atoms with Crippen LogP contribution in [-0.2, 0) is 4.79 Å². The molecule has 25 heavy (non-hydrogen) atoms. The molecule has 5 heteroatoms. The van der Waals surface area contributed by atoms with Crippen LogP contribution in [-0.4, -0.2) is 31.1 Å². The third-order valence-corrected chi connectivity index (χ3v) is 5.49. The second kappa shape index (κ2) is 10.8. The van der Waals surface area contributed by atoms with Gasteiger partial charge < -0.3 is 16.0 Å². The zero-order valence-electron chi connectivity index (χ0n) is 15.8. The van der Waals surface area contributed by atoms with Gasteiger partial charge in [-0.25, -0.2) is 0 Å². The van der Waals surface area contributed by atoms with Crippen molar-refractivity contribution < 1.29 is 4.79 Å². The van der Waals surface area contributed by atoms with E-state index in [1.54, 1.807) is 0 Å². The summed E-state index contributed by atoms with van der Waals surface area (Å²) in [7, 11) is 0. The topological polar surface area (TPSA) is 53.2 Å². The standard InChI is InChI=1S/C20H33N3O.ClH/c1-4-20(5-2,23-16(3)17-9-7-6-8-10-17)15-22-19(24)18-11-13-21-14-12-18;/h6-10,16,18,21,23H,4-5,11-15H2,1-3H3,(H,22,24);1H. The van der Waals surface area contributed by atoms with Crippen LogP contribution in [0.1, 0.15) is 58.1 Å². The van der Waals surface area contributed by atoms with E-state index in [0.717, 1.165) is 38.8 Å². The van der Waals surface area contributed by atoms with Crippen molar-refractivity contribution in [2.24, 2.45) is 5.92 Å². The first kappa shape index (κ1) is 21.9. The van der Waals surface area contributed by atoms with Crippen molar-refractivity contribution in [1.82, 2.24) is 16.0 Å². The molecule has 0 aromatic heterocycles. The van der Waals surface area contributed by atoms with E-state index in [2.05, 4.69) is 61.0 Å². The minimum atomic E-state index is -0.0577. The van der Waals surface area contributed by atoms with E-state index in [-0.39, 0.29) is 35.8 Å². The zero-order valence-corrected chi connectivity index (χ0v) is 16.6. The molecule has 0 saturated carbocycles. The van der Waals surface area contributed by atoms with Gasteiger partial charge in [0.1, 0.15) is 0 Å². The van der Waals surface area contributed by atoms with E-state index < -0.39 is 0 Å². The van der Waals surface area contributed by atoms with E-state index in [0.29, 0.717) is 6.54 Å². The lowest BCUT2D eigenvalue weighted by atomic mass is 9.89. The number of nitrogens with one attached hydrogen (secondary N) is 3. The Hall–Kier alpha value is -1.10. The van der Waals surface area contributed by atoms with Gasteiger partial charge in [-0.2, -0.15) is 0 Å². The Morgan fingerprint density at radius 1 is 1.20 bits per heavy atom. The molecule has 1 aromatic rings. The number of carbonyl (C=O) groups excluding carboxylic acids is 1. The van der Waals surface area contributed by atoms with Crippen LogP contribution in [0.2, 0.25) is 0 Å². The number of halogens is 1. The fourth-order valence-corrected chi connectivity index (χ4v) is 3.52. The van der Waals surface area contributed by atoms with Crippen molar-refractivity contribution in [3.05, 3.63) is 35.9 Å². The second-order valence-corrected chi connectivity index (χ2v) is 7.01. The Labute approximate surface area is 158 Å². The molecule has 1 aliphatic heterocycles. The molecule has 1 aromatic carbocycles. The first-order chi connectivity index (χ1) is 11.6. The van der Waals surface area contributed by atoms with Gasteiger partial charge in [0, 0.05) is 24.0 Å². The molecule has 4 nitrogen and oxygen atoms in total. The summed E-state index contributed by atoms with van der Waals surface area (Å²) in [5.41, 5.74) is 1.23. The van der Waals surface area contributed by atoms with Crippen molar-refractivity contribution in [2.75, 3.05) is 19.6 Å². The summed E-state index contributed by atoms with van der Waals surface area (Å²) in [5.74, 6) is 0.390. The molecular formula is C20H34ClN3O. The quantitative estimate of drug-likeness (QED) is 0.659. The van der Waals surface area contributed by atoms with Gasteiger partial charge in [-0.15, -0.1) is 12.4 Å². The minimum absolute atomic E-state index is 0. The van der Waals surface area contributed by atoms with Crippen LogP contribution in [0.5, 0.6) is 0 Å². The molecular weight excluding hydrogens is 334 g/mol. The Morgan fingerprint density at radius 3 is 2.36 bits per heavy atom. The lowest BCUT2D eigenvalue weighted by Gasteiger charge is -2.37. The highest BCUT2D eigenvalue weighted by Crippen LogP contribution is 2.22. The van der Waals surface area contributed by atoms with Gasteiger partial charge in [0.05, 0.1) is 0 Å². The van der Waals surface area contributed by atoms with Crippen LogP contribution in [0.3, 0.4) is 0 Å². The molecule has 0 aliphatic carbocycles. The van der Waals surface area contributed by atoms with Gasteiger partial charge in [-0.05, 0) is 51.3 Å². The SMILES string of the molecule is CCC(CC)(CNC(=O)C1CCNCC1)NC(C)c1ccccc1.Cl. The summed E-state index contributed by atoms with van der Waals surface area (Å²) >= 11 is 0. The van der Waals surface area contributed by atoms with Crippen molar-refractivity contribution in [3.63, 3.8) is 0 Å². The molecule has 1 fully saturated rings. The Morgan fingerprint density at radius 2 is 1.80 bits per heavy atom. The van der Waals surface area contributed by atoms with Crippen molar-refractivity contribution in [1.29, 1.82) is 0 Å². The average molecular weight is 368 g/mol. The number of carbonyl (C=O) groups is 1. The highest BCUT2D eigenvalue weighted by Gasteiger charge is 2.30. The molecule has 1 saturated heterocycles. The first-order valence-electron chi connectivity index (χ1n) is 9.41. The van der Waals surface area contributed by atoms with Gasteiger partial charge in [-0.3, -0.25) is 4.79 Å². The third kappa shape index (κ3) is 6.28. The maximum atomic E-state index is 12.5. The predicted octanol–water partition coefficient (Wildman–Crippen LogP) is 3.43. The van der Waals surface area contributed by atoms with Crippen LogP contribution >= 0.6 is 12.4 Å². The Kier molecular flexibility index (Phi) is 9.47. The molecule has 0 radical (unpaired) electrons. The third-order valence-electron chi connectivity index (χ3n) is 5.49. The Balaban J connectivity index is 0.00000312. The molecule has 142 valence electrons. The van der Waals surface area contributed by atoms with Gasteiger partial charge in [-0.1, -0.05) is 44.2 Å². The summed E-state index contributed by atoms with van der Waals surface area (Å²) in [4.78, 5) is 12.5. The van der Waals surface area contributed by atoms with Crippen LogP contribution in [0, 0.1) is 5.92 Å². The smallest absolute Gasteiger partial charge is 0.223 e. The minimum Gasteiger partial charge on any atom is -0.354 e. The van der Waals surface area contributed by atoms with E-state index in [1.165, 1.54) is 5.56 Å². The molecule has 1 aliphatic rings. The van der Waals surface area contributed by atoms with Crippen LogP contribution in [0.4, 0.5) is 0 Å². The molecule has 1 unspecified atom stereocenters. The van der Waals surface area contributed by atoms with Crippen LogP contribution < -0.4 is 16.0 Å². The molecule has 1 heterocycles. The monoisotopic (exact) mass is 367 g/mol. The number of piperidine rings is 1. The highest BCUT2D eigenvalue weighted by atomic mass is 35.5. The maximum Gasteiger partial charge on any atom is 0.223 e. The van der Waals surface area contributed by atoms with Crippen LogP contribution in [0.15, 0.2) is 30.3 Å². The summed E-state index contributed by atoms with van der Waals surface area (Å²) < 4.78 is 0. The maximum absolute atomic E-state index is 12.5. The number of hydrogen-bond donors (Lipinski definition) is 3. The van der Waals surface area contributed by atoms with Gasteiger partial charge in [0.15, 0.2) is 0 Å². The fraction of sp³-hybridized carbons (Fsp3) is 0.650. The first-order valence-corrected chi connectivity index (χ1v) is 9.41. The molecule has 2 rings (SSSR count). The molecule has 1 atom stereocenters. The highest BCUT2D eigenvalue weighted by molar-refractivity contribution is 5.85. The zero-order chi connectivity index (χ0) is 17.4. The van der Waals surface area contributed by atoms with E-state index >= 15 is 0 Å². The predicted molar refractivity (Wildman–Crippen MR) is 107 cm³/mol. The lowest BCUT2D eigenvalue weighted by Crippen LogP contribution is -2.54. The second-order valence-electron chi connectivity index (χ2n) is 7.01. The lowest BCUT2D eigenvalue weighted by molar-refractivity contribution is -0.126. The van der Waals surface area contributed by atoms with Crippen molar-refractivity contribution >= 4 is 18.3 Å². The Bertz CT molecular complexity index is 499. The number of benzene rings is 1. The van der Waals surface area contributed by atoms with Crippen LogP contribution in [0.25, 0.3) is 0 Å². The normalized spacial score (nSPS) is 16.8. The molecule has 0 spiro atoms. The summed E-state index contributed by atoms with van der Waals surface area (Å²) in [5, 5.41) is 10.3. The van der Waals surface area contributed by atoms with Gasteiger partial charge in [0.25, 0.3) is 0 Å². The van der Waals surface area contributed by atoms with Crippen molar-refractivity contribution in [2.45, 2.75) is 58.0 Å². The average Bonchev–Trinajstić information content (AvgIpc) is 2.66. The number of hydrogen-bond acceptors (Lipinski definition) is 3. The summed E-state index contributed by atoms with van der Waals surface area (Å²) in [6, 6.07) is 10.8. The summed E-state index contributed by atoms with van der Waals surface area (Å²) in [6.45, 7) is 9.20. The van der Waals surface area contributed by atoms with E-state index in [9.17, 15) is 4.79 Å². The van der Waals surface area contributed by atoms with Crippen molar-refractivity contribution in [3.8, 4) is 0 Å². The van der Waals surface area contributed by atoms with Gasteiger partial charge in [0.2, 0.25) is 5.91 Å².